The van der Waals surface area contributed by atoms with Gasteiger partial charge in [0.15, 0.2) is 0 Å². The van der Waals surface area contributed by atoms with E-state index >= 15 is 0 Å². The number of fused-ring (bicyclic) bond motifs is 1. The first-order valence-corrected chi connectivity index (χ1v) is 15.8. The molecule has 3 aromatic rings. The Morgan fingerprint density at radius 3 is 2.49 bits per heavy atom. The van der Waals surface area contributed by atoms with Crippen molar-refractivity contribution in [1.82, 2.24) is 4.90 Å². The van der Waals surface area contributed by atoms with E-state index in [4.69, 9.17) is 28.6 Å². The number of ether oxygens (including phenoxy) is 2. The average Bonchev–Trinajstić information content (AvgIpc) is 3.26. The minimum atomic E-state index is -4.68. The van der Waals surface area contributed by atoms with Crippen molar-refractivity contribution in [2.45, 2.75) is 38.6 Å². The van der Waals surface area contributed by atoms with Crippen LogP contribution in [0.2, 0.25) is 5.02 Å². The zero-order chi connectivity index (χ0) is 28.7. The second kappa shape index (κ2) is 10.9. The Balaban J connectivity index is 1.75. The number of methoxy groups -OCH3 is 1. The summed E-state index contributed by atoms with van der Waals surface area (Å²) in [6.07, 6.45) is -5.44. The van der Waals surface area contributed by atoms with Gasteiger partial charge in [0.2, 0.25) is 0 Å². The predicted molar refractivity (Wildman–Crippen MR) is 146 cm³/mol. The van der Waals surface area contributed by atoms with Crippen LogP contribution in [0.25, 0.3) is 22.3 Å². The molecule has 0 spiro atoms. The molecule has 1 aliphatic rings. The molecule has 0 radical (unpaired) electrons. The molecular weight excluding hydrogens is 658 g/mol. The first-order chi connectivity index (χ1) is 18.2. The van der Waals surface area contributed by atoms with Gasteiger partial charge in [0.25, 0.3) is 0 Å². The van der Waals surface area contributed by atoms with Crippen LogP contribution in [-0.4, -0.2) is 44.7 Å². The number of halogens is 5. The topological polar surface area (TPSA) is 95.3 Å². The van der Waals surface area contributed by atoms with Crippen LogP contribution in [0.5, 0.6) is 5.75 Å². The van der Waals surface area contributed by atoms with Crippen molar-refractivity contribution in [3.8, 4) is 17.1 Å². The van der Waals surface area contributed by atoms with Crippen LogP contribution in [0, 0.1) is 0 Å². The first kappa shape index (κ1) is 29.0. The summed E-state index contributed by atoms with van der Waals surface area (Å²) < 4.78 is 63.1. The third-order valence-corrected chi connectivity index (χ3v) is 10.2. The zero-order valence-electron chi connectivity index (χ0n) is 21.2. The number of benzene rings is 2. The van der Waals surface area contributed by atoms with Crippen LogP contribution >= 0.6 is 31.8 Å². The van der Waals surface area contributed by atoms with Crippen LogP contribution < -0.4 is 8.50 Å². The summed E-state index contributed by atoms with van der Waals surface area (Å²) in [5, 5.41) is 0.363. The van der Waals surface area contributed by atoms with Gasteiger partial charge in [-0.1, -0.05) is 0 Å². The molecule has 8 nitrogen and oxygen atoms in total. The van der Waals surface area contributed by atoms with Gasteiger partial charge in [-0.15, -0.1) is 0 Å². The fourth-order valence-corrected chi connectivity index (χ4v) is 8.95. The summed E-state index contributed by atoms with van der Waals surface area (Å²) in [6.45, 7) is 5.00. The van der Waals surface area contributed by atoms with Gasteiger partial charge in [-0.2, -0.15) is 0 Å². The average molecular weight is 682 g/mol. The van der Waals surface area contributed by atoms with Crippen LogP contribution in [0.15, 0.2) is 51.7 Å². The summed E-state index contributed by atoms with van der Waals surface area (Å²) in [7, 11) is 1.17. The van der Waals surface area contributed by atoms with Crippen molar-refractivity contribution in [1.29, 1.82) is 0 Å². The van der Waals surface area contributed by atoms with Gasteiger partial charge in [0.05, 0.1) is 0 Å². The Morgan fingerprint density at radius 2 is 1.85 bits per heavy atom. The summed E-state index contributed by atoms with van der Waals surface area (Å²) in [5.41, 5.74) is -2.10. The fourth-order valence-electron chi connectivity index (χ4n) is 3.76. The number of carbonyl (C=O) groups excluding carboxylic acids is 2. The molecule has 2 heterocycles. The number of esters is 1. The number of nitrogens with zero attached hydrogens (tertiary/aromatic N) is 1. The van der Waals surface area contributed by atoms with E-state index < -0.39 is 61.1 Å². The summed E-state index contributed by atoms with van der Waals surface area (Å²) in [4.78, 5) is 39.2. The van der Waals surface area contributed by atoms with Crippen LogP contribution in [0.1, 0.15) is 26.3 Å². The van der Waals surface area contributed by atoms with Crippen molar-refractivity contribution in [3.63, 3.8) is 0 Å². The van der Waals surface area contributed by atoms with Crippen LogP contribution in [0.4, 0.5) is 18.0 Å². The molecule has 0 aliphatic carbocycles. The molecular formula is C26H24ClF3INO7. The van der Waals surface area contributed by atoms with Gasteiger partial charge in [-0.3, -0.25) is 0 Å². The summed E-state index contributed by atoms with van der Waals surface area (Å²) in [5.74, 6) is -0.934. The molecule has 1 aliphatic heterocycles. The predicted octanol–water partition coefficient (Wildman–Crippen LogP) is 6.68. The molecule has 13 heteroatoms. The van der Waals surface area contributed by atoms with Crippen molar-refractivity contribution in [3.05, 3.63) is 63.3 Å². The Hall–Kier alpha value is -3.00. The van der Waals surface area contributed by atoms with E-state index in [2.05, 4.69) is 0 Å². The Bertz CT molecular complexity index is 1490. The number of amides is 1. The molecule has 0 N–H and O–H groups in total. The van der Waals surface area contributed by atoms with E-state index in [1.165, 1.54) is 24.1 Å². The first-order valence-electron chi connectivity index (χ1n) is 11.5. The molecule has 1 amide bonds. The molecule has 1 aromatic heterocycles. The molecule has 0 saturated carbocycles. The maximum absolute atomic E-state index is 13.6. The molecule has 210 valence electrons. The number of rotatable bonds is 4. The summed E-state index contributed by atoms with van der Waals surface area (Å²) in [6, 6.07) is 7.56. The third-order valence-electron chi connectivity index (χ3n) is 5.53. The molecule has 0 unspecified atom stereocenters. The van der Waals surface area contributed by atoms with Crippen LogP contribution in [0.3, 0.4) is 0 Å². The normalized spacial score (nSPS) is 16.9. The second-order valence-electron chi connectivity index (χ2n) is 9.55. The Kier molecular flexibility index (Phi) is 8.08. The van der Waals surface area contributed by atoms with Crippen LogP contribution in [-0.2, 0) is 20.4 Å². The Labute approximate surface area is 233 Å². The molecule has 2 aromatic carbocycles. The molecule has 4 rings (SSSR count). The number of carbonyl (C=O) groups is 2. The molecule has 39 heavy (non-hydrogen) atoms. The van der Waals surface area contributed by atoms with Crippen molar-refractivity contribution in [2.24, 2.45) is 0 Å². The van der Waals surface area contributed by atoms with Gasteiger partial charge in [0.1, 0.15) is 0 Å². The van der Waals surface area contributed by atoms with Crippen molar-refractivity contribution < 1.29 is 39.7 Å². The summed E-state index contributed by atoms with van der Waals surface area (Å²) >= 11 is 3.38. The number of para-hydroxylation sites is 1. The molecule has 0 bridgehead atoms. The SMILES string of the molecule is COC(=O)[C@@H]1CI(Oc2cc(C(F)(F)F)ccc2-c2cc(=O)c3cccc(Cl)c3o2)CN1C(=O)OC(C)(C)C. The van der Waals surface area contributed by atoms with Gasteiger partial charge in [0, 0.05) is 0 Å². The van der Waals surface area contributed by atoms with Gasteiger partial charge in [-0.05, 0) is 0 Å². The zero-order valence-corrected chi connectivity index (χ0v) is 24.1. The van der Waals surface area contributed by atoms with Gasteiger partial charge >= 0.3 is 235 Å². The molecule has 1 atom stereocenters. The quantitative estimate of drug-likeness (QED) is 0.131. The van der Waals surface area contributed by atoms with E-state index in [0.717, 1.165) is 24.3 Å². The van der Waals surface area contributed by atoms with E-state index in [1.54, 1.807) is 26.8 Å². The minimum absolute atomic E-state index is 0.0121. The van der Waals surface area contributed by atoms with E-state index in [1.807, 2.05) is 0 Å². The molecule has 1 saturated heterocycles. The Morgan fingerprint density at radius 1 is 1.13 bits per heavy atom. The standard InChI is InChI=1S/C26H24ClF3INO7/c1-25(2,3)38-24(35)32-13-31(12-18(32)23(34)36-4)39-21-10-14(26(28,29)30)8-9-16(21)20-11-19(33)15-6-5-7-17(27)22(15)37-20/h5-11,18H,12-13H2,1-4H3/t18-/m0/s1. The fraction of sp³-hybridized carbons (Fsp3) is 0.346. The number of hydrogen-bond acceptors (Lipinski definition) is 7. The second-order valence-corrected chi connectivity index (χ2v) is 14.3. The van der Waals surface area contributed by atoms with Gasteiger partial charge in [-0.25, -0.2) is 0 Å². The van der Waals surface area contributed by atoms with E-state index in [0.29, 0.717) is 0 Å². The molecule has 1 fully saturated rings. The van der Waals surface area contributed by atoms with Gasteiger partial charge < -0.3 is 0 Å². The number of alkyl halides is 5. The number of hydrogen-bond donors (Lipinski definition) is 0. The van der Waals surface area contributed by atoms with E-state index in [-0.39, 0.29) is 42.0 Å². The van der Waals surface area contributed by atoms with Crippen molar-refractivity contribution in [2.75, 3.05) is 16.1 Å². The van der Waals surface area contributed by atoms with Crippen molar-refractivity contribution >= 4 is 54.9 Å². The monoisotopic (exact) mass is 681 g/mol. The third kappa shape index (κ3) is 6.43. The van der Waals surface area contributed by atoms with E-state index in [9.17, 15) is 27.6 Å². The maximum atomic E-state index is 13.6.